The normalized spacial score (nSPS) is 25.2. The van der Waals surface area contributed by atoms with Crippen molar-refractivity contribution in [2.24, 2.45) is 5.92 Å². The van der Waals surface area contributed by atoms with Gasteiger partial charge >= 0.3 is 0 Å². The van der Waals surface area contributed by atoms with E-state index in [9.17, 15) is 9.59 Å². The molecular weight excluding hydrogens is 254 g/mol. The Kier molecular flexibility index (Phi) is 3.34. The van der Waals surface area contributed by atoms with Gasteiger partial charge in [-0.05, 0) is 30.5 Å². The van der Waals surface area contributed by atoms with Gasteiger partial charge in [-0.15, -0.1) is 0 Å². The van der Waals surface area contributed by atoms with Crippen LogP contribution < -0.4 is 11.1 Å². The molecule has 2 fully saturated rings. The van der Waals surface area contributed by atoms with E-state index < -0.39 is 0 Å². The van der Waals surface area contributed by atoms with Crippen molar-refractivity contribution in [1.29, 1.82) is 0 Å². The third-order valence-electron chi connectivity index (χ3n) is 4.26. The van der Waals surface area contributed by atoms with E-state index in [-0.39, 0.29) is 23.8 Å². The van der Waals surface area contributed by atoms with Crippen LogP contribution in [0.1, 0.15) is 18.4 Å². The molecule has 2 amide bonds. The number of benzene rings is 1. The van der Waals surface area contributed by atoms with Crippen molar-refractivity contribution in [1.82, 2.24) is 10.2 Å². The van der Waals surface area contributed by atoms with Crippen LogP contribution in [0.15, 0.2) is 24.3 Å². The first-order chi connectivity index (χ1) is 9.65. The number of likely N-dealkylation sites (tertiary alicyclic amines) is 1. The maximum atomic E-state index is 12.5. The molecule has 0 spiro atoms. The standard InChI is InChI=1S/C15H19N3O2/c16-11-5-3-10(4-6-11)8-14(19)18-7-1-2-12-13(18)9-17-15(12)20/h3-6,12-13H,1-2,7-9,16H2,(H,17,20). The van der Waals surface area contributed by atoms with E-state index in [0.717, 1.165) is 24.9 Å². The van der Waals surface area contributed by atoms with E-state index in [1.54, 1.807) is 0 Å². The zero-order chi connectivity index (χ0) is 14.1. The molecule has 2 saturated heterocycles. The summed E-state index contributed by atoms with van der Waals surface area (Å²) in [4.78, 5) is 26.0. The number of fused-ring (bicyclic) bond motifs is 1. The predicted molar refractivity (Wildman–Crippen MR) is 75.8 cm³/mol. The van der Waals surface area contributed by atoms with Gasteiger partial charge in [-0.25, -0.2) is 0 Å². The lowest BCUT2D eigenvalue weighted by molar-refractivity contribution is -0.136. The lowest BCUT2D eigenvalue weighted by atomic mass is 9.91. The molecule has 0 bridgehead atoms. The average molecular weight is 273 g/mol. The van der Waals surface area contributed by atoms with Crippen LogP contribution in [-0.4, -0.2) is 35.8 Å². The second kappa shape index (κ2) is 5.15. The van der Waals surface area contributed by atoms with Crippen LogP contribution in [0.3, 0.4) is 0 Å². The first-order valence-electron chi connectivity index (χ1n) is 7.07. The summed E-state index contributed by atoms with van der Waals surface area (Å²) in [5, 5.41) is 2.87. The van der Waals surface area contributed by atoms with Gasteiger partial charge in [-0.2, -0.15) is 0 Å². The van der Waals surface area contributed by atoms with Crippen molar-refractivity contribution in [2.45, 2.75) is 25.3 Å². The molecule has 1 aromatic carbocycles. The Morgan fingerprint density at radius 1 is 1.35 bits per heavy atom. The summed E-state index contributed by atoms with van der Waals surface area (Å²) in [6.45, 7) is 1.35. The summed E-state index contributed by atoms with van der Waals surface area (Å²) >= 11 is 0. The van der Waals surface area contributed by atoms with Gasteiger partial charge in [0, 0.05) is 18.8 Å². The third-order valence-corrected chi connectivity index (χ3v) is 4.26. The quantitative estimate of drug-likeness (QED) is 0.773. The Morgan fingerprint density at radius 3 is 2.85 bits per heavy atom. The van der Waals surface area contributed by atoms with Crippen molar-refractivity contribution in [3.8, 4) is 0 Å². The summed E-state index contributed by atoms with van der Waals surface area (Å²) in [5.74, 6) is 0.181. The van der Waals surface area contributed by atoms with Crippen LogP contribution in [0, 0.1) is 5.92 Å². The molecule has 106 valence electrons. The van der Waals surface area contributed by atoms with Gasteiger partial charge in [-0.1, -0.05) is 12.1 Å². The number of carbonyl (C=O) groups excluding carboxylic acids is 2. The Morgan fingerprint density at radius 2 is 2.10 bits per heavy atom. The van der Waals surface area contributed by atoms with Crippen molar-refractivity contribution < 1.29 is 9.59 Å². The molecule has 1 aromatic rings. The Labute approximate surface area is 118 Å². The number of piperidine rings is 1. The van der Waals surface area contributed by atoms with E-state index in [4.69, 9.17) is 5.73 Å². The number of anilines is 1. The molecule has 0 saturated carbocycles. The lowest BCUT2D eigenvalue weighted by Crippen LogP contribution is -2.49. The lowest BCUT2D eigenvalue weighted by Gasteiger charge is -2.36. The molecule has 2 heterocycles. The van der Waals surface area contributed by atoms with Crippen molar-refractivity contribution in [2.75, 3.05) is 18.8 Å². The summed E-state index contributed by atoms with van der Waals surface area (Å²) in [5.41, 5.74) is 7.31. The molecular formula is C15H19N3O2. The number of nitrogen functional groups attached to an aromatic ring is 1. The Balaban J connectivity index is 1.70. The second-order valence-electron chi connectivity index (χ2n) is 5.57. The predicted octanol–water partition coefficient (Wildman–Crippen LogP) is 0.548. The van der Waals surface area contributed by atoms with Gasteiger partial charge < -0.3 is 16.0 Å². The first kappa shape index (κ1) is 13.0. The SMILES string of the molecule is Nc1ccc(CC(=O)N2CCCC3C(=O)NCC32)cc1. The molecule has 2 unspecified atom stereocenters. The highest BCUT2D eigenvalue weighted by Crippen LogP contribution is 2.27. The van der Waals surface area contributed by atoms with Crippen LogP contribution in [0.25, 0.3) is 0 Å². The summed E-state index contributed by atoms with van der Waals surface area (Å²) < 4.78 is 0. The van der Waals surface area contributed by atoms with Gasteiger partial charge in [0.2, 0.25) is 11.8 Å². The fourth-order valence-electron chi connectivity index (χ4n) is 3.17. The zero-order valence-electron chi connectivity index (χ0n) is 11.3. The highest BCUT2D eigenvalue weighted by Gasteiger charge is 2.42. The highest BCUT2D eigenvalue weighted by molar-refractivity contribution is 5.85. The zero-order valence-corrected chi connectivity index (χ0v) is 11.3. The van der Waals surface area contributed by atoms with E-state index in [1.807, 2.05) is 29.2 Å². The van der Waals surface area contributed by atoms with E-state index in [1.165, 1.54) is 0 Å². The molecule has 20 heavy (non-hydrogen) atoms. The number of nitrogens with zero attached hydrogens (tertiary/aromatic N) is 1. The van der Waals surface area contributed by atoms with E-state index in [2.05, 4.69) is 5.32 Å². The second-order valence-corrected chi connectivity index (χ2v) is 5.57. The molecule has 0 radical (unpaired) electrons. The summed E-state index contributed by atoms with van der Waals surface area (Å²) in [7, 11) is 0. The molecule has 0 aromatic heterocycles. The Hall–Kier alpha value is -2.04. The summed E-state index contributed by atoms with van der Waals surface area (Å²) in [6.07, 6.45) is 2.17. The average Bonchev–Trinajstić information content (AvgIpc) is 2.83. The van der Waals surface area contributed by atoms with Crippen LogP contribution in [0.5, 0.6) is 0 Å². The van der Waals surface area contributed by atoms with Crippen LogP contribution in [0.2, 0.25) is 0 Å². The number of amides is 2. The van der Waals surface area contributed by atoms with E-state index >= 15 is 0 Å². The third kappa shape index (κ3) is 2.35. The fraction of sp³-hybridized carbons (Fsp3) is 0.467. The van der Waals surface area contributed by atoms with Crippen molar-refractivity contribution >= 4 is 17.5 Å². The van der Waals surface area contributed by atoms with Gasteiger partial charge in [0.1, 0.15) is 0 Å². The number of nitrogens with one attached hydrogen (secondary N) is 1. The van der Waals surface area contributed by atoms with Crippen LogP contribution >= 0.6 is 0 Å². The largest absolute Gasteiger partial charge is 0.399 e. The number of hydrogen-bond donors (Lipinski definition) is 2. The topological polar surface area (TPSA) is 75.4 Å². The maximum absolute atomic E-state index is 12.5. The summed E-state index contributed by atoms with van der Waals surface area (Å²) in [6, 6.07) is 7.42. The van der Waals surface area contributed by atoms with E-state index in [0.29, 0.717) is 18.7 Å². The Bertz CT molecular complexity index is 526. The minimum absolute atomic E-state index is 0.0147. The van der Waals surface area contributed by atoms with Gasteiger partial charge in [0.15, 0.2) is 0 Å². The number of nitrogens with two attached hydrogens (primary N) is 1. The molecule has 5 nitrogen and oxygen atoms in total. The van der Waals surface area contributed by atoms with Crippen LogP contribution in [0.4, 0.5) is 5.69 Å². The molecule has 2 aliphatic heterocycles. The molecule has 2 aliphatic rings. The van der Waals surface area contributed by atoms with Gasteiger partial charge in [-0.3, -0.25) is 9.59 Å². The smallest absolute Gasteiger partial charge is 0.227 e. The molecule has 0 aliphatic carbocycles. The van der Waals surface area contributed by atoms with Gasteiger partial charge in [0.05, 0.1) is 18.4 Å². The minimum atomic E-state index is -0.0147. The first-order valence-corrected chi connectivity index (χ1v) is 7.07. The fourth-order valence-corrected chi connectivity index (χ4v) is 3.17. The molecule has 3 N–H and O–H groups in total. The van der Waals surface area contributed by atoms with Crippen molar-refractivity contribution in [3.05, 3.63) is 29.8 Å². The van der Waals surface area contributed by atoms with Crippen LogP contribution in [-0.2, 0) is 16.0 Å². The number of hydrogen-bond acceptors (Lipinski definition) is 3. The molecule has 2 atom stereocenters. The van der Waals surface area contributed by atoms with Crippen molar-refractivity contribution in [3.63, 3.8) is 0 Å². The number of carbonyl (C=O) groups is 2. The minimum Gasteiger partial charge on any atom is -0.399 e. The molecule has 3 rings (SSSR count). The van der Waals surface area contributed by atoms with Gasteiger partial charge in [0.25, 0.3) is 0 Å². The number of rotatable bonds is 2. The monoisotopic (exact) mass is 273 g/mol. The maximum Gasteiger partial charge on any atom is 0.227 e. The molecule has 5 heteroatoms. The highest BCUT2D eigenvalue weighted by atomic mass is 16.2.